The molecule has 1 N–H and O–H groups in total. The fraction of sp³-hybridized carbons (Fsp3) is 0.647. The summed E-state index contributed by atoms with van der Waals surface area (Å²) in [6.07, 6.45) is 7.38. The fourth-order valence-corrected chi connectivity index (χ4v) is 2.92. The smallest absolute Gasteiger partial charge is 0.119 e. The maximum atomic E-state index is 10.3. The summed E-state index contributed by atoms with van der Waals surface area (Å²) in [5.41, 5.74) is 1.02. The molecule has 1 atom stereocenters. The van der Waals surface area contributed by atoms with Gasteiger partial charge in [0, 0.05) is 0 Å². The Morgan fingerprint density at radius 3 is 2.32 bits per heavy atom. The van der Waals surface area contributed by atoms with Crippen molar-refractivity contribution in [2.24, 2.45) is 5.92 Å². The summed E-state index contributed by atoms with van der Waals surface area (Å²) in [6.45, 7) is 4.04. The molecule has 19 heavy (non-hydrogen) atoms. The van der Waals surface area contributed by atoms with E-state index in [4.69, 9.17) is 4.74 Å². The third kappa shape index (κ3) is 4.54. The molecule has 0 aliphatic heterocycles. The molecule has 2 heteroatoms. The van der Waals surface area contributed by atoms with Crippen LogP contribution in [0.3, 0.4) is 0 Å². The van der Waals surface area contributed by atoms with Crippen LogP contribution in [0.25, 0.3) is 0 Å². The maximum absolute atomic E-state index is 10.3. The van der Waals surface area contributed by atoms with E-state index in [2.05, 4.69) is 0 Å². The van der Waals surface area contributed by atoms with Crippen LogP contribution in [0.1, 0.15) is 64.0 Å². The van der Waals surface area contributed by atoms with Crippen molar-refractivity contribution in [1.82, 2.24) is 0 Å². The Bertz CT molecular complexity index is 363. The number of benzene rings is 1. The molecule has 1 saturated carbocycles. The number of aliphatic hydroxyl groups excluding tert-OH is 1. The Morgan fingerprint density at radius 2 is 1.74 bits per heavy atom. The molecule has 0 heterocycles. The third-order valence-electron chi connectivity index (χ3n) is 3.92. The number of aliphatic hydroxyl groups is 1. The van der Waals surface area contributed by atoms with E-state index < -0.39 is 0 Å². The molecule has 1 aliphatic carbocycles. The SMILES string of the molecule is CC(C)Oc1ccc(C(O)CC2CCCCC2)cc1. The summed E-state index contributed by atoms with van der Waals surface area (Å²) in [6, 6.07) is 7.90. The monoisotopic (exact) mass is 262 g/mol. The Balaban J connectivity index is 1.89. The first kappa shape index (κ1) is 14.4. The lowest BCUT2D eigenvalue weighted by atomic mass is 9.84. The molecule has 1 aliphatic rings. The lowest BCUT2D eigenvalue weighted by molar-refractivity contribution is 0.131. The lowest BCUT2D eigenvalue weighted by Crippen LogP contribution is -2.11. The molecule has 1 unspecified atom stereocenters. The average Bonchev–Trinajstić information content (AvgIpc) is 2.40. The van der Waals surface area contributed by atoms with Gasteiger partial charge in [-0.3, -0.25) is 0 Å². The summed E-state index contributed by atoms with van der Waals surface area (Å²) in [5, 5.41) is 10.3. The van der Waals surface area contributed by atoms with Gasteiger partial charge in [-0.05, 0) is 43.9 Å². The van der Waals surface area contributed by atoms with Gasteiger partial charge >= 0.3 is 0 Å². The number of rotatable bonds is 5. The van der Waals surface area contributed by atoms with Gasteiger partial charge in [-0.15, -0.1) is 0 Å². The molecule has 0 saturated heterocycles. The third-order valence-corrected chi connectivity index (χ3v) is 3.92. The predicted octanol–water partition coefficient (Wildman–Crippen LogP) is 4.48. The Morgan fingerprint density at radius 1 is 1.11 bits per heavy atom. The number of ether oxygens (including phenoxy) is 1. The van der Waals surface area contributed by atoms with Gasteiger partial charge in [0.2, 0.25) is 0 Å². The molecule has 0 bridgehead atoms. The van der Waals surface area contributed by atoms with E-state index in [9.17, 15) is 5.11 Å². The summed E-state index contributed by atoms with van der Waals surface area (Å²) in [7, 11) is 0. The normalized spacial score (nSPS) is 18.5. The fourth-order valence-electron chi connectivity index (χ4n) is 2.92. The maximum Gasteiger partial charge on any atom is 0.119 e. The summed E-state index contributed by atoms with van der Waals surface area (Å²) in [4.78, 5) is 0. The highest BCUT2D eigenvalue weighted by Gasteiger charge is 2.18. The Kier molecular flexibility index (Phi) is 5.26. The van der Waals surface area contributed by atoms with Gasteiger partial charge in [0.1, 0.15) is 5.75 Å². The number of hydrogen-bond acceptors (Lipinski definition) is 2. The topological polar surface area (TPSA) is 29.5 Å². The van der Waals surface area contributed by atoms with Crippen molar-refractivity contribution in [2.75, 3.05) is 0 Å². The molecular weight excluding hydrogens is 236 g/mol. The molecular formula is C17H26O2. The summed E-state index contributed by atoms with van der Waals surface area (Å²) < 4.78 is 5.62. The second-order valence-corrected chi connectivity index (χ2v) is 5.99. The van der Waals surface area contributed by atoms with Gasteiger partial charge in [-0.25, -0.2) is 0 Å². The van der Waals surface area contributed by atoms with Crippen LogP contribution in [0.5, 0.6) is 5.75 Å². The number of hydrogen-bond donors (Lipinski definition) is 1. The van der Waals surface area contributed by atoms with Crippen molar-refractivity contribution in [3.8, 4) is 5.75 Å². The quantitative estimate of drug-likeness (QED) is 0.848. The highest BCUT2D eigenvalue weighted by Crippen LogP contribution is 2.32. The Labute approximate surface area is 116 Å². The van der Waals surface area contributed by atoms with E-state index in [1.807, 2.05) is 38.1 Å². The van der Waals surface area contributed by atoms with Crippen LogP contribution in [0.4, 0.5) is 0 Å². The first-order valence-corrected chi connectivity index (χ1v) is 7.60. The molecule has 1 fully saturated rings. The zero-order valence-electron chi connectivity index (χ0n) is 12.1. The van der Waals surface area contributed by atoms with Crippen LogP contribution in [0.2, 0.25) is 0 Å². The van der Waals surface area contributed by atoms with Crippen molar-refractivity contribution in [1.29, 1.82) is 0 Å². The minimum Gasteiger partial charge on any atom is -0.491 e. The standard InChI is InChI=1S/C17H26O2/c1-13(2)19-16-10-8-15(9-11-16)17(18)12-14-6-4-3-5-7-14/h8-11,13-14,17-18H,3-7,12H2,1-2H3. The van der Waals surface area contributed by atoms with Crippen LogP contribution < -0.4 is 4.74 Å². The van der Waals surface area contributed by atoms with Crippen LogP contribution in [0, 0.1) is 5.92 Å². The van der Waals surface area contributed by atoms with E-state index in [0.29, 0.717) is 5.92 Å². The van der Waals surface area contributed by atoms with E-state index in [-0.39, 0.29) is 12.2 Å². The molecule has 2 rings (SSSR count). The molecule has 106 valence electrons. The largest absolute Gasteiger partial charge is 0.491 e. The van der Waals surface area contributed by atoms with Crippen LogP contribution in [-0.4, -0.2) is 11.2 Å². The first-order chi connectivity index (χ1) is 9.15. The first-order valence-electron chi connectivity index (χ1n) is 7.60. The second-order valence-electron chi connectivity index (χ2n) is 5.99. The molecule has 0 radical (unpaired) electrons. The van der Waals surface area contributed by atoms with Crippen molar-refractivity contribution < 1.29 is 9.84 Å². The minimum absolute atomic E-state index is 0.193. The van der Waals surface area contributed by atoms with Gasteiger partial charge in [0.05, 0.1) is 12.2 Å². The van der Waals surface area contributed by atoms with E-state index in [0.717, 1.165) is 17.7 Å². The molecule has 0 spiro atoms. The average molecular weight is 262 g/mol. The molecule has 2 nitrogen and oxygen atoms in total. The van der Waals surface area contributed by atoms with Gasteiger partial charge < -0.3 is 9.84 Å². The van der Waals surface area contributed by atoms with Crippen molar-refractivity contribution in [3.05, 3.63) is 29.8 Å². The van der Waals surface area contributed by atoms with Gasteiger partial charge in [0.15, 0.2) is 0 Å². The zero-order chi connectivity index (χ0) is 13.7. The highest BCUT2D eigenvalue weighted by atomic mass is 16.5. The summed E-state index contributed by atoms with van der Waals surface area (Å²) >= 11 is 0. The second kappa shape index (κ2) is 6.95. The van der Waals surface area contributed by atoms with Gasteiger partial charge in [-0.2, -0.15) is 0 Å². The van der Waals surface area contributed by atoms with Gasteiger partial charge in [-0.1, -0.05) is 44.2 Å². The van der Waals surface area contributed by atoms with Gasteiger partial charge in [0.25, 0.3) is 0 Å². The van der Waals surface area contributed by atoms with Crippen molar-refractivity contribution in [2.45, 2.75) is 64.6 Å². The lowest BCUT2D eigenvalue weighted by Gasteiger charge is -2.24. The molecule has 0 aromatic heterocycles. The Hall–Kier alpha value is -1.02. The predicted molar refractivity (Wildman–Crippen MR) is 78.4 cm³/mol. The van der Waals surface area contributed by atoms with Crippen LogP contribution >= 0.6 is 0 Å². The van der Waals surface area contributed by atoms with E-state index >= 15 is 0 Å². The molecule has 0 amide bonds. The van der Waals surface area contributed by atoms with Crippen LogP contribution in [0.15, 0.2) is 24.3 Å². The van der Waals surface area contributed by atoms with Crippen LogP contribution in [-0.2, 0) is 0 Å². The van der Waals surface area contributed by atoms with Crippen molar-refractivity contribution in [3.63, 3.8) is 0 Å². The van der Waals surface area contributed by atoms with E-state index in [1.165, 1.54) is 32.1 Å². The molecule has 1 aromatic rings. The zero-order valence-corrected chi connectivity index (χ0v) is 12.1. The van der Waals surface area contributed by atoms with E-state index in [1.54, 1.807) is 0 Å². The minimum atomic E-state index is -0.323. The molecule has 1 aromatic carbocycles. The van der Waals surface area contributed by atoms with Crippen molar-refractivity contribution >= 4 is 0 Å². The highest BCUT2D eigenvalue weighted by molar-refractivity contribution is 5.28. The summed E-state index contributed by atoms with van der Waals surface area (Å²) in [5.74, 6) is 1.58.